The van der Waals surface area contributed by atoms with Crippen molar-refractivity contribution in [1.29, 1.82) is 0 Å². The topological polar surface area (TPSA) is 24.4 Å². The van der Waals surface area contributed by atoms with Gasteiger partial charge in [0.1, 0.15) is 0 Å². The first-order valence-electron chi connectivity index (χ1n) is 2.38. The molecule has 0 unspecified atom stereocenters. The highest BCUT2D eigenvalue weighted by molar-refractivity contribution is 5.83. The molecule has 0 saturated carbocycles. The van der Waals surface area contributed by atoms with Crippen LogP contribution in [0, 0.1) is 0 Å². The van der Waals surface area contributed by atoms with Crippen LogP contribution in [0.1, 0.15) is 6.92 Å². The van der Waals surface area contributed by atoms with E-state index in [-0.39, 0.29) is 0 Å². The maximum atomic E-state index is 3.93. The lowest BCUT2D eigenvalue weighted by Gasteiger charge is -1.92. The molecule has 0 rings (SSSR count). The van der Waals surface area contributed by atoms with E-state index >= 15 is 0 Å². The summed E-state index contributed by atoms with van der Waals surface area (Å²) >= 11 is 0. The van der Waals surface area contributed by atoms with Crippen LogP contribution >= 0.6 is 0 Å². The molecule has 0 fully saturated rings. The van der Waals surface area contributed by atoms with Gasteiger partial charge in [0.2, 0.25) is 0 Å². The van der Waals surface area contributed by atoms with Crippen LogP contribution in [0.3, 0.4) is 0 Å². The van der Waals surface area contributed by atoms with Crippen molar-refractivity contribution in [2.45, 2.75) is 6.92 Å². The van der Waals surface area contributed by atoms with Gasteiger partial charge in [-0.3, -0.25) is 4.99 Å². The molecule has 7 heavy (non-hydrogen) atoms. The number of nitrogens with one attached hydrogen (secondary N) is 1. The number of nitrogens with zero attached hydrogens (tertiary/aromatic N) is 1. The normalized spacial score (nSPS) is 12.1. The minimum absolute atomic E-state index is 0.899. The van der Waals surface area contributed by atoms with Crippen LogP contribution in [0.2, 0.25) is 0 Å². The molecule has 0 bridgehead atoms. The zero-order chi connectivity index (χ0) is 5.70. The van der Waals surface area contributed by atoms with Crippen LogP contribution in [0.25, 0.3) is 0 Å². The Morgan fingerprint density at radius 2 is 2.29 bits per heavy atom. The summed E-state index contributed by atoms with van der Waals surface area (Å²) in [4.78, 5) is 3.93. The predicted molar refractivity (Wildman–Crippen MR) is 33.0 cm³/mol. The van der Waals surface area contributed by atoms with Gasteiger partial charge < -0.3 is 5.32 Å². The summed E-state index contributed by atoms with van der Waals surface area (Å²) in [5.41, 5.74) is 1.14. The molecular formula is C5H12N2. The molecule has 0 aliphatic carbocycles. The standard InChI is InChI=1S/C5H12N2/c1-5(7-3)4-6-2/h6H,4H2,1-3H3. The van der Waals surface area contributed by atoms with Crippen LogP contribution in [-0.2, 0) is 0 Å². The largest absolute Gasteiger partial charge is 0.315 e. The lowest BCUT2D eigenvalue weighted by atomic mass is 10.4. The summed E-state index contributed by atoms with van der Waals surface area (Å²) in [5, 5.41) is 2.99. The monoisotopic (exact) mass is 100 g/mol. The highest BCUT2D eigenvalue weighted by Crippen LogP contribution is 1.67. The summed E-state index contributed by atoms with van der Waals surface area (Å²) in [6.45, 7) is 2.90. The quantitative estimate of drug-likeness (QED) is 0.496. The third-order valence-corrected chi connectivity index (χ3v) is 0.814. The molecule has 42 valence electrons. The number of hydrogen-bond donors (Lipinski definition) is 1. The van der Waals surface area contributed by atoms with Gasteiger partial charge in [-0.25, -0.2) is 0 Å². The van der Waals surface area contributed by atoms with E-state index in [4.69, 9.17) is 0 Å². The predicted octanol–water partition coefficient (Wildman–Crippen LogP) is 0.297. The van der Waals surface area contributed by atoms with Crippen LogP contribution in [0.15, 0.2) is 4.99 Å². The SMILES string of the molecule is CN=C(C)CNC. The second kappa shape index (κ2) is 3.81. The van der Waals surface area contributed by atoms with Gasteiger partial charge in [-0.2, -0.15) is 0 Å². The fraction of sp³-hybridized carbons (Fsp3) is 0.800. The maximum Gasteiger partial charge on any atom is 0.0329 e. The minimum atomic E-state index is 0.899. The van der Waals surface area contributed by atoms with Crippen LogP contribution < -0.4 is 5.32 Å². The van der Waals surface area contributed by atoms with Crippen molar-refractivity contribution in [2.24, 2.45) is 4.99 Å². The fourth-order valence-corrected chi connectivity index (χ4v) is 0.335. The van der Waals surface area contributed by atoms with Gasteiger partial charge in [-0.1, -0.05) is 0 Å². The van der Waals surface area contributed by atoms with Crippen molar-refractivity contribution in [3.05, 3.63) is 0 Å². The van der Waals surface area contributed by atoms with Gasteiger partial charge in [-0.15, -0.1) is 0 Å². The van der Waals surface area contributed by atoms with Crippen molar-refractivity contribution in [2.75, 3.05) is 20.6 Å². The Bertz CT molecular complexity index is 66.5. The number of rotatable bonds is 2. The Labute approximate surface area is 44.6 Å². The first kappa shape index (κ1) is 6.63. The van der Waals surface area contributed by atoms with Crippen molar-refractivity contribution in [1.82, 2.24) is 5.32 Å². The van der Waals surface area contributed by atoms with E-state index in [0.717, 1.165) is 12.3 Å². The molecule has 0 aliphatic heterocycles. The Morgan fingerprint density at radius 3 is 2.43 bits per heavy atom. The summed E-state index contributed by atoms with van der Waals surface area (Å²) in [6, 6.07) is 0. The fourth-order valence-electron chi connectivity index (χ4n) is 0.335. The van der Waals surface area contributed by atoms with Gasteiger partial charge in [0.05, 0.1) is 0 Å². The molecule has 1 N–H and O–H groups in total. The summed E-state index contributed by atoms with van der Waals surface area (Å²) < 4.78 is 0. The van der Waals surface area contributed by atoms with Crippen molar-refractivity contribution < 1.29 is 0 Å². The molecule has 0 heterocycles. The molecular weight excluding hydrogens is 88.1 g/mol. The van der Waals surface area contributed by atoms with E-state index < -0.39 is 0 Å². The zero-order valence-corrected chi connectivity index (χ0v) is 5.15. The second-order valence-corrected chi connectivity index (χ2v) is 1.49. The van der Waals surface area contributed by atoms with Gasteiger partial charge in [-0.05, 0) is 14.0 Å². The average Bonchev–Trinajstić information content (AvgIpc) is 1.68. The van der Waals surface area contributed by atoms with Crippen LogP contribution in [0.4, 0.5) is 0 Å². The van der Waals surface area contributed by atoms with Crippen molar-refractivity contribution in [3.8, 4) is 0 Å². The summed E-state index contributed by atoms with van der Waals surface area (Å²) in [5.74, 6) is 0. The Balaban J connectivity index is 3.17. The molecule has 0 aliphatic rings. The average molecular weight is 100 g/mol. The molecule has 0 aromatic carbocycles. The van der Waals surface area contributed by atoms with E-state index in [1.54, 1.807) is 7.05 Å². The smallest absolute Gasteiger partial charge is 0.0329 e. The molecule has 0 aromatic heterocycles. The number of aliphatic imine (C=N–C) groups is 1. The highest BCUT2D eigenvalue weighted by Gasteiger charge is 1.80. The van der Waals surface area contributed by atoms with Crippen molar-refractivity contribution >= 4 is 5.71 Å². The minimum Gasteiger partial charge on any atom is -0.315 e. The Kier molecular flexibility index (Phi) is 3.61. The molecule has 0 atom stereocenters. The van der Waals surface area contributed by atoms with Gasteiger partial charge >= 0.3 is 0 Å². The molecule has 0 saturated heterocycles. The van der Waals surface area contributed by atoms with E-state index in [2.05, 4.69) is 10.3 Å². The van der Waals surface area contributed by atoms with Crippen LogP contribution in [0.5, 0.6) is 0 Å². The van der Waals surface area contributed by atoms with E-state index in [0.29, 0.717) is 0 Å². The maximum absolute atomic E-state index is 3.93. The lowest BCUT2D eigenvalue weighted by Crippen LogP contribution is -2.15. The number of hydrogen-bond acceptors (Lipinski definition) is 2. The van der Waals surface area contributed by atoms with E-state index in [9.17, 15) is 0 Å². The Hall–Kier alpha value is -0.370. The summed E-state index contributed by atoms with van der Waals surface area (Å²) in [6.07, 6.45) is 0. The van der Waals surface area contributed by atoms with Gasteiger partial charge in [0.25, 0.3) is 0 Å². The third kappa shape index (κ3) is 3.46. The molecule has 0 aromatic rings. The van der Waals surface area contributed by atoms with Crippen molar-refractivity contribution in [3.63, 3.8) is 0 Å². The van der Waals surface area contributed by atoms with E-state index in [1.165, 1.54) is 0 Å². The molecule has 0 amide bonds. The first-order chi connectivity index (χ1) is 3.31. The zero-order valence-electron chi connectivity index (χ0n) is 5.15. The van der Waals surface area contributed by atoms with Gasteiger partial charge in [0.15, 0.2) is 0 Å². The lowest BCUT2D eigenvalue weighted by molar-refractivity contribution is 0.941. The van der Waals surface area contributed by atoms with Crippen LogP contribution in [-0.4, -0.2) is 26.4 Å². The molecule has 2 heteroatoms. The Morgan fingerprint density at radius 1 is 1.71 bits per heavy atom. The molecule has 0 radical (unpaired) electrons. The molecule has 2 nitrogen and oxygen atoms in total. The highest BCUT2D eigenvalue weighted by atomic mass is 14.8. The van der Waals surface area contributed by atoms with E-state index in [1.807, 2.05) is 14.0 Å². The first-order valence-corrected chi connectivity index (χ1v) is 2.38. The third-order valence-electron chi connectivity index (χ3n) is 0.814. The van der Waals surface area contributed by atoms with Gasteiger partial charge in [0, 0.05) is 19.3 Å². The molecule has 0 spiro atoms. The second-order valence-electron chi connectivity index (χ2n) is 1.49. The summed E-state index contributed by atoms with van der Waals surface area (Å²) in [7, 11) is 3.71.